The van der Waals surface area contributed by atoms with Crippen molar-refractivity contribution < 1.29 is 13.6 Å². The maximum Gasteiger partial charge on any atom is 0.243 e. The number of amidine groups is 1. The Labute approximate surface area is 113 Å². The van der Waals surface area contributed by atoms with Gasteiger partial charge in [-0.05, 0) is 18.6 Å². The molecule has 0 atom stereocenters. The van der Waals surface area contributed by atoms with E-state index in [1.54, 1.807) is 38.1 Å². The van der Waals surface area contributed by atoms with Crippen molar-refractivity contribution in [2.75, 3.05) is 13.1 Å². The molecule has 1 aromatic carbocycles. The molecular weight excluding hydrogens is 266 g/mol. The molecule has 7 heteroatoms. The Morgan fingerprint density at radius 3 is 2.58 bits per heavy atom. The molecule has 0 bridgehead atoms. The number of rotatable bonds is 6. The molecule has 3 N–H and O–H groups in total. The zero-order valence-electron chi connectivity index (χ0n) is 11.1. The molecule has 19 heavy (non-hydrogen) atoms. The Morgan fingerprint density at radius 2 is 2.05 bits per heavy atom. The standard InChI is InChI=1S/C12H19N3O3S/c1-3-15(9-8-12(13)14-16)19(17,18)11-7-5-4-6-10(11)2/h4-7,16H,3,8-9H2,1-2H3,(H2,13,14). The van der Waals surface area contributed by atoms with E-state index in [4.69, 9.17) is 10.9 Å². The van der Waals surface area contributed by atoms with Gasteiger partial charge < -0.3 is 10.9 Å². The summed E-state index contributed by atoms with van der Waals surface area (Å²) in [4.78, 5) is 0.288. The van der Waals surface area contributed by atoms with E-state index in [2.05, 4.69) is 5.16 Å². The summed E-state index contributed by atoms with van der Waals surface area (Å²) in [6.07, 6.45) is 0.190. The third kappa shape index (κ3) is 3.68. The van der Waals surface area contributed by atoms with Crippen LogP contribution in [0.5, 0.6) is 0 Å². The minimum Gasteiger partial charge on any atom is -0.409 e. The van der Waals surface area contributed by atoms with Crippen LogP contribution in [0.25, 0.3) is 0 Å². The first-order valence-electron chi connectivity index (χ1n) is 5.95. The van der Waals surface area contributed by atoms with Crippen LogP contribution < -0.4 is 5.73 Å². The number of hydrogen-bond donors (Lipinski definition) is 2. The second-order valence-corrected chi connectivity index (χ2v) is 6.01. The lowest BCUT2D eigenvalue weighted by molar-refractivity contribution is 0.315. The van der Waals surface area contributed by atoms with E-state index in [-0.39, 0.29) is 23.7 Å². The number of benzene rings is 1. The molecule has 6 nitrogen and oxygen atoms in total. The van der Waals surface area contributed by atoms with Crippen LogP contribution in [0.3, 0.4) is 0 Å². The Kier molecular flexibility index (Phi) is 5.31. The minimum atomic E-state index is -3.54. The average Bonchev–Trinajstić information content (AvgIpc) is 2.39. The molecule has 0 radical (unpaired) electrons. The molecular formula is C12H19N3O3S. The second kappa shape index (κ2) is 6.53. The molecule has 0 fully saturated rings. The van der Waals surface area contributed by atoms with Crippen LogP contribution in [0.1, 0.15) is 18.9 Å². The van der Waals surface area contributed by atoms with E-state index in [1.165, 1.54) is 4.31 Å². The fourth-order valence-electron chi connectivity index (χ4n) is 1.72. The van der Waals surface area contributed by atoms with Gasteiger partial charge in [0.2, 0.25) is 10.0 Å². The fourth-order valence-corrected chi connectivity index (χ4v) is 3.40. The van der Waals surface area contributed by atoms with Crippen LogP contribution in [0, 0.1) is 6.92 Å². The fraction of sp³-hybridized carbons (Fsp3) is 0.417. The highest BCUT2D eigenvalue weighted by Gasteiger charge is 2.24. The first-order valence-corrected chi connectivity index (χ1v) is 7.39. The van der Waals surface area contributed by atoms with E-state index in [1.807, 2.05) is 0 Å². The molecule has 0 aliphatic heterocycles. The lowest BCUT2D eigenvalue weighted by Gasteiger charge is -2.21. The molecule has 0 spiro atoms. The number of sulfonamides is 1. The first kappa shape index (κ1) is 15.5. The number of nitrogens with two attached hydrogens (primary N) is 1. The van der Waals surface area contributed by atoms with Crippen LogP contribution in [-0.4, -0.2) is 36.9 Å². The van der Waals surface area contributed by atoms with Gasteiger partial charge in [0.05, 0.1) is 4.90 Å². The molecule has 1 rings (SSSR count). The Morgan fingerprint density at radius 1 is 1.42 bits per heavy atom. The van der Waals surface area contributed by atoms with Gasteiger partial charge in [-0.15, -0.1) is 0 Å². The highest BCUT2D eigenvalue weighted by atomic mass is 32.2. The summed E-state index contributed by atoms with van der Waals surface area (Å²) < 4.78 is 26.2. The van der Waals surface area contributed by atoms with Crippen molar-refractivity contribution in [2.24, 2.45) is 10.9 Å². The van der Waals surface area contributed by atoms with Gasteiger partial charge in [0, 0.05) is 19.5 Å². The van der Waals surface area contributed by atoms with E-state index in [0.29, 0.717) is 12.1 Å². The molecule has 0 saturated heterocycles. The van der Waals surface area contributed by atoms with Crippen LogP contribution >= 0.6 is 0 Å². The third-order valence-electron chi connectivity index (χ3n) is 2.81. The highest BCUT2D eigenvalue weighted by molar-refractivity contribution is 7.89. The van der Waals surface area contributed by atoms with Crippen LogP contribution in [0.15, 0.2) is 34.3 Å². The molecule has 0 aromatic heterocycles. The van der Waals surface area contributed by atoms with Crippen molar-refractivity contribution in [3.63, 3.8) is 0 Å². The van der Waals surface area contributed by atoms with Crippen molar-refractivity contribution in [3.8, 4) is 0 Å². The number of hydrogen-bond acceptors (Lipinski definition) is 4. The second-order valence-electron chi connectivity index (χ2n) is 4.10. The zero-order chi connectivity index (χ0) is 14.5. The number of nitrogens with zero attached hydrogens (tertiary/aromatic N) is 2. The van der Waals surface area contributed by atoms with Gasteiger partial charge in [0.15, 0.2) is 0 Å². The lowest BCUT2D eigenvalue weighted by Crippen LogP contribution is -2.34. The van der Waals surface area contributed by atoms with Crippen molar-refractivity contribution >= 4 is 15.9 Å². The third-order valence-corrected chi connectivity index (χ3v) is 4.94. The van der Waals surface area contributed by atoms with Gasteiger partial charge in [0.1, 0.15) is 5.84 Å². The molecule has 0 aliphatic rings. The smallest absolute Gasteiger partial charge is 0.243 e. The predicted octanol–water partition coefficient (Wildman–Crippen LogP) is 1.14. The molecule has 0 saturated carbocycles. The molecule has 0 unspecified atom stereocenters. The molecule has 0 heterocycles. The monoisotopic (exact) mass is 285 g/mol. The van der Waals surface area contributed by atoms with Crippen molar-refractivity contribution in [3.05, 3.63) is 29.8 Å². The van der Waals surface area contributed by atoms with Gasteiger partial charge in [-0.1, -0.05) is 30.3 Å². The van der Waals surface area contributed by atoms with Gasteiger partial charge in [-0.25, -0.2) is 8.42 Å². The van der Waals surface area contributed by atoms with Crippen LogP contribution in [0.4, 0.5) is 0 Å². The van der Waals surface area contributed by atoms with E-state index in [9.17, 15) is 8.42 Å². The molecule has 0 aliphatic carbocycles. The molecule has 106 valence electrons. The van der Waals surface area contributed by atoms with E-state index in [0.717, 1.165) is 0 Å². The Balaban J connectivity index is 3.00. The summed E-state index contributed by atoms with van der Waals surface area (Å²) in [6.45, 7) is 4.02. The Hall–Kier alpha value is -1.60. The molecule has 0 amide bonds. The normalized spacial score (nSPS) is 12.9. The predicted molar refractivity (Wildman–Crippen MR) is 73.6 cm³/mol. The summed E-state index contributed by atoms with van der Waals surface area (Å²) in [5, 5.41) is 11.3. The van der Waals surface area contributed by atoms with Gasteiger partial charge in [-0.2, -0.15) is 4.31 Å². The number of oxime groups is 1. The topological polar surface area (TPSA) is 96.0 Å². The van der Waals surface area contributed by atoms with Crippen LogP contribution in [-0.2, 0) is 10.0 Å². The van der Waals surface area contributed by atoms with Gasteiger partial charge in [0.25, 0.3) is 0 Å². The van der Waals surface area contributed by atoms with Gasteiger partial charge >= 0.3 is 0 Å². The highest BCUT2D eigenvalue weighted by Crippen LogP contribution is 2.19. The minimum absolute atomic E-state index is 0.0124. The maximum absolute atomic E-state index is 12.5. The summed E-state index contributed by atoms with van der Waals surface area (Å²) in [5.74, 6) is 0.0124. The molecule has 1 aromatic rings. The van der Waals surface area contributed by atoms with Gasteiger partial charge in [-0.3, -0.25) is 0 Å². The zero-order valence-corrected chi connectivity index (χ0v) is 11.9. The summed E-state index contributed by atoms with van der Waals surface area (Å²) in [6, 6.07) is 6.82. The average molecular weight is 285 g/mol. The quantitative estimate of drug-likeness (QED) is 0.354. The maximum atomic E-state index is 12.5. The Bertz CT molecular complexity index is 555. The van der Waals surface area contributed by atoms with Crippen LogP contribution in [0.2, 0.25) is 0 Å². The van der Waals surface area contributed by atoms with Crippen molar-refractivity contribution in [1.82, 2.24) is 4.31 Å². The SMILES string of the molecule is CCN(CCC(N)=NO)S(=O)(=O)c1ccccc1C. The summed E-state index contributed by atoms with van der Waals surface area (Å²) in [5.41, 5.74) is 6.07. The summed E-state index contributed by atoms with van der Waals surface area (Å²) >= 11 is 0. The summed E-state index contributed by atoms with van der Waals surface area (Å²) in [7, 11) is -3.54. The largest absolute Gasteiger partial charge is 0.409 e. The number of aryl methyl sites for hydroxylation is 1. The van der Waals surface area contributed by atoms with Crippen molar-refractivity contribution in [2.45, 2.75) is 25.2 Å². The van der Waals surface area contributed by atoms with E-state index < -0.39 is 10.0 Å². The lowest BCUT2D eigenvalue weighted by atomic mass is 10.2. The van der Waals surface area contributed by atoms with Crippen molar-refractivity contribution in [1.29, 1.82) is 0 Å². The first-order chi connectivity index (χ1) is 8.93. The van der Waals surface area contributed by atoms with E-state index >= 15 is 0 Å².